The van der Waals surface area contributed by atoms with Crippen LogP contribution < -0.4 is 5.73 Å². The van der Waals surface area contributed by atoms with Crippen molar-refractivity contribution in [2.24, 2.45) is 5.73 Å². The van der Waals surface area contributed by atoms with Crippen LogP contribution in [0.3, 0.4) is 0 Å². The van der Waals surface area contributed by atoms with Crippen LogP contribution in [0.1, 0.15) is 23.3 Å². The van der Waals surface area contributed by atoms with E-state index in [1.807, 2.05) is 4.90 Å². The van der Waals surface area contributed by atoms with Crippen LogP contribution in [-0.4, -0.2) is 34.9 Å². The Morgan fingerprint density at radius 2 is 2.47 bits per heavy atom. The van der Waals surface area contributed by atoms with E-state index in [9.17, 15) is 4.79 Å². The van der Waals surface area contributed by atoms with Crippen LogP contribution >= 0.6 is 15.9 Å². The van der Waals surface area contributed by atoms with Crippen LogP contribution in [0, 0.1) is 0 Å². The van der Waals surface area contributed by atoms with Gasteiger partial charge < -0.3 is 15.6 Å². The summed E-state index contributed by atoms with van der Waals surface area (Å²) in [5.74, 6) is 0.0378. The molecular weight excluding hydrogens is 258 g/mol. The summed E-state index contributed by atoms with van der Waals surface area (Å²) in [6, 6.07) is 1.92. The Morgan fingerprint density at radius 1 is 1.67 bits per heavy atom. The molecule has 1 fully saturated rings. The third-order valence-corrected chi connectivity index (χ3v) is 3.08. The first-order valence-corrected chi connectivity index (χ1v) is 5.85. The fourth-order valence-electron chi connectivity index (χ4n) is 1.86. The zero-order valence-electron chi connectivity index (χ0n) is 8.37. The molecule has 2 heterocycles. The summed E-state index contributed by atoms with van der Waals surface area (Å²) < 4.78 is 0.896. The van der Waals surface area contributed by atoms with Gasteiger partial charge in [-0.3, -0.25) is 4.79 Å². The van der Waals surface area contributed by atoms with Crippen LogP contribution in [0.25, 0.3) is 0 Å². The van der Waals surface area contributed by atoms with Crippen molar-refractivity contribution in [2.75, 3.05) is 13.1 Å². The van der Waals surface area contributed by atoms with Gasteiger partial charge in [-0.15, -0.1) is 0 Å². The zero-order chi connectivity index (χ0) is 10.8. The average Bonchev–Trinajstić information content (AvgIpc) is 2.64. The maximum absolute atomic E-state index is 12.0. The number of rotatable bonds is 1. The number of hydrogen-bond donors (Lipinski definition) is 2. The van der Waals surface area contributed by atoms with Crippen molar-refractivity contribution in [3.63, 3.8) is 0 Å². The summed E-state index contributed by atoms with van der Waals surface area (Å²) in [5.41, 5.74) is 6.45. The first-order chi connectivity index (χ1) is 7.16. The van der Waals surface area contributed by atoms with Crippen LogP contribution in [0.5, 0.6) is 0 Å². The lowest BCUT2D eigenvalue weighted by Crippen LogP contribution is -2.45. The van der Waals surface area contributed by atoms with Gasteiger partial charge in [0, 0.05) is 29.8 Å². The van der Waals surface area contributed by atoms with Crippen molar-refractivity contribution in [1.82, 2.24) is 9.88 Å². The molecule has 4 nitrogen and oxygen atoms in total. The van der Waals surface area contributed by atoms with Gasteiger partial charge in [0.1, 0.15) is 5.69 Å². The molecular formula is C10H14BrN3O. The molecule has 0 spiro atoms. The molecule has 1 aromatic heterocycles. The first kappa shape index (κ1) is 10.7. The lowest BCUT2D eigenvalue weighted by molar-refractivity contribution is 0.0703. The van der Waals surface area contributed by atoms with Crippen molar-refractivity contribution in [3.8, 4) is 0 Å². The molecule has 1 amide bonds. The number of nitrogens with zero attached hydrogens (tertiary/aromatic N) is 1. The molecule has 1 aliphatic heterocycles. The number of H-pyrrole nitrogens is 1. The summed E-state index contributed by atoms with van der Waals surface area (Å²) in [7, 11) is 0. The fraction of sp³-hybridized carbons (Fsp3) is 0.500. The van der Waals surface area contributed by atoms with Crippen molar-refractivity contribution in [1.29, 1.82) is 0 Å². The van der Waals surface area contributed by atoms with Crippen molar-refractivity contribution < 1.29 is 4.79 Å². The Hall–Kier alpha value is -0.810. The highest BCUT2D eigenvalue weighted by Crippen LogP contribution is 2.15. The molecule has 15 heavy (non-hydrogen) atoms. The summed E-state index contributed by atoms with van der Waals surface area (Å²) in [5, 5.41) is 0. The summed E-state index contributed by atoms with van der Waals surface area (Å²) in [6.07, 6.45) is 3.77. The quantitative estimate of drug-likeness (QED) is 0.810. The smallest absolute Gasteiger partial charge is 0.270 e. The highest BCUT2D eigenvalue weighted by molar-refractivity contribution is 9.10. The Kier molecular flexibility index (Phi) is 3.11. The summed E-state index contributed by atoms with van der Waals surface area (Å²) >= 11 is 3.31. The van der Waals surface area contributed by atoms with E-state index in [2.05, 4.69) is 20.9 Å². The van der Waals surface area contributed by atoms with E-state index in [0.29, 0.717) is 12.2 Å². The lowest BCUT2D eigenvalue weighted by atomic mass is 10.1. The molecule has 5 heteroatoms. The minimum absolute atomic E-state index is 0.0378. The molecule has 0 aromatic carbocycles. The largest absolute Gasteiger partial charge is 0.356 e. The van der Waals surface area contributed by atoms with Crippen LogP contribution in [-0.2, 0) is 0 Å². The van der Waals surface area contributed by atoms with Gasteiger partial charge in [-0.1, -0.05) is 0 Å². The maximum atomic E-state index is 12.0. The molecule has 1 saturated heterocycles. The van der Waals surface area contributed by atoms with E-state index in [-0.39, 0.29) is 11.9 Å². The topological polar surface area (TPSA) is 62.1 Å². The minimum Gasteiger partial charge on any atom is -0.356 e. The van der Waals surface area contributed by atoms with Crippen LogP contribution in [0.2, 0.25) is 0 Å². The number of nitrogens with one attached hydrogen (secondary N) is 1. The predicted octanol–water partition coefficient (Wildman–Crippen LogP) is 1.34. The van der Waals surface area contributed by atoms with Gasteiger partial charge in [-0.2, -0.15) is 0 Å². The Bertz CT molecular complexity index is 363. The molecule has 0 aliphatic carbocycles. The van der Waals surface area contributed by atoms with Gasteiger partial charge in [-0.25, -0.2) is 0 Å². The zero-order valence-corrected chi connectivity index (χ0v) is 9.96. The molecule has 0 unspecified atom stereocenters. The summed E-state index contributed by atoms with van der Waals surface area (Å²) in [6.45, 7) is 1.47. The van der Waals surface area contributed by atoms with E-state index >= 15 is 0 Å². The number of amides is 1. The molecule has 0 radical (unpaired) electrons. The average molecular weight is 272 g/mol. The van der Waals surface area contributed by atoms with E-state index in [1.165, 1.54) is 0 Å². The number of likely N-dealkylation sites (tertiary alicyclic amines) is 1. The molecule has 1 aromatic rings. The molecule has 0 bridgehead atoms. The molecule has 1 aliphatic rings. The third kappa shape index (κ3) is 2.41. The number of carbonyl (C=O) groups excluding carboxylic acids is 1. The Morgan fingerprint density at radius 3 is 3.07 bits per heavy atom. The third-order valence-electron chi connectivity index (χ3n) is 2.62. The number of hydrogen-bond acceptors (Lipinski definition) is 2. The normalized spacial score (nSPS) is 21.7. The second-order valence-corrected chi connectivity index (χ2v) is 4.80. The van der Waals surface area contributed by atoms with Crippen LogP contribution in [0.4, 0.5) is 0 Å². The molecule has 0 saturated carbocycles. The second kappa shape index (κ2) is 4.37. The summed E-state index contributed by atoms with van der Waals surface area (Å²) in [4.78, 5) is 16.7. The number of nitrogens with two attached hydrogens (primary N) is 1. The highest BCUT2D eigenvalue weighted by atomic mass is 79.9. The number of carbonyl (C=O) groups is 1. The van der Waals surface area contributed by atoms with Crippen molar-refractivity contribution >= 4 is 21.8 Å². The van der Waals surface area contributed by atoms with Gasteiger partial charge in [0.2, 0.25) is 0 Å². The first-order valence-electron chi connectivity index (χ1n) is 5.05. The van der Waals surface area contributed by atoms with Gasteiger partial charge in [-0.05, 0) is 34.8 Å². The number of piperidine rings is 1. The highest BCUT2D eigenvalue weighted by Gasteiger charge is 2.22. The second-order valence-electron chi connectivity index (χ2n) is 3.89. The number of halogens is 1. The Balaban J connectivity index is 2.07. The number of aromatic nitrogens is 1. The molecule has 2 rings (SSSR count). The van der Waals surface area contributed by atoms with E-state index < -0.39 is 0 Å². The van der Waals surface area contributed by atoms with E-state index in [4.69, 9.17) is 5.73 Å². The lowest BCUT2D eigenvalue weighted by Gasteiger charge is -2.30. The van der Waals surface area contributed by atoms with Gasteiger partial charge >= 0.3 is 0 Å². The standard InChI is InChI=1S/C10H14BrN3O/c11-7-4-9(13-5-7)10(15)14-3-1-2-8(12)6-14/h4-5,8,13H,1-3,6,12H2/t8-/m1/s1. The van der Waals surface area contributed by atoms with E-state index in [1.54, 1.807) is 12.3 Å². The monoisotopic (exact) mass is 271 g/mol. The van der Waals surface area contributed by atoms with Gasteiger partial charge in [0.05, 0.1) is 0 Å². The SMILES string of the molecule is N[C@@H]1CCCN(C(=O)c2cc(Br)c[nH]2)C1. The fourth-order valence-corrected chi connectivity index (χ4v) is 2.20. The predicted molar refractivity (Wildman–Crippen MR) is 61.6 cm³/mol. The van der Waals surface area contributed by atoms with Crippen molar-refractivity contribution in [3.05, 3.63) is 22.4 Å². The van der Waals surface area contributed by atoms with Gasteiger partial charge in [0.25, 0.3) is 5.91 Å². The van der Waals surface area contributed by atoms with Crippen molar-refractivity contribution in [2.45, 2.75) is 18.9 Å². The number of aromatic amines is 1. The molecule has 1 atom stereocenters. The van der Waals surface area contributed by atoms with Gasteiger partial charge in [0.15, 0.2) is 0 Å². The molecule has 82 valence electrons. The Labute approximate surface area is 97.0 Å². The molecule has 3 N–H and O–H groups in total. The van der Waals surface area contributed by atoms with E-state index in [0.717, 1.165) is 23.9 Å². The maximum Gasteiger partial charge on any atom is 0.270 e. The van der Waals surface area contributed by atoms with Crippen LogP contribution in [0.15, 0.2) is 16.7 Å². The minimum atomic E-state index is 0.0378.